The van der Waals surface area contributed by atoms with Crippen molar-refractivity contribution in [3.8, 4) is 5.75 Å². The molecule has 1 aromatic rings. The van der Waals surface area contributed by atoms with Crippen LogP contribution in [0.2, 0.25) is 0 Å². The summed E-state index contributed by atoms with van der Waals surface area (Å²) in [4.78, 5) is 10.6. The van der Waals surface area contributed by atoms with Crippen LogP contribution >= 0.6 is 15.9 Å². The van der Waals surface area contributed by atoms with Crippen molar-refractivity contribution < 1.29 is 14.4 Å². The third-order valence-corrected chi connectivity index (χ3v) is 3.43. The Labute approximate surface area is 113 Å². The molecule has 0 aromatic heterocycles. The van der Waals surface area contributed by atoms with Crippen LogP contribution in [0.15, 0.2) is 18.2 Å². The molecule has 0 saturated carbocycles. The lowest BCUT2D eigenvalue weighted by Gasteiger charge is -2.23. The van der Waals surface area contributed by atoms with E-state index in [2.05, 4.69) is 15.9 Å². The summed E-state index contributed by atoms with van der Waals surface area (Å²) in [6.45, 7) is 1.24. The maximum Gasteiger partial charge on any atom is 0.311 e. The van der Waals surface area contributed by atoms with Crippen LogP contribution in [0.4, 0.5) is 5.69 Å². The Kier molecular flexibility index (Phi) is 4.54. The summed E-state index contributed by atoms with van der Waals surface area (Å²) in [6.07, 6.45) is 1.71. The minimum Gasteiger partial charge on any atom is -0.481 e. The second kappa shape index (κ2) is 6.15. The Bertz CT molecular complexity index is 432. The van der Waals surface area contributed by atoms with Crippen LogP contribution in [0.1, 0.15) is 18.4 Å². The molecular formula is C12H14BrNO4. The summed E-state index contributed by atoms with van der Waals surface area (Å²) in [7, 11) is 0. The lowest BCUT2D eigenvalue weighted by molar-refractivity contribution is -0.386. The Morgan fingerprint density at radius 3 is 3.00 bits per heavy atom. The number of hydrogen-bond donors (Lipinski definition) is 0. The van der Waals surface area contributed by atoms with E-state index >= 15 is 0 Å². The normalized spacial score (nSPS) is 19.5. The van der Waals surface area contributed by atoms with E-state index in [0.29, 0.717) is 17.7 Å². The highest BCUT2D eigenvalue weighted by molar-refractivity contribution is 9.08. The fourth-order valence-electron chi connectivity index (χ4n) is 1.87. The van der Waals surface area contributed by atoms with Gasteiger partial charge in [-0.3, -0.25) is 10.1 Å². The van der Waals surface area contributed by atoms with Crippen LogP contribution in [-0.4, -0.2) is 24.2 Å². The second-order valence-corrected chi connectivity index (χ2v) is 4.71. The van der Waals surface area contributed by atoms with Gasteiger partial charge in [0.1, 0.15) is 6.10 Å². The SMILES string of the molecule is O=[N+]([O-])c1cc(CBr)ccc1OC1CCCOC1. The third kappa shape index (κ3) is 3.20. The average molecular weight is 316 g/mol. The first-order valence-corrected chi connectivity index (χ1v) is 6.90. The summed E-state index contributed by atoms with van der Waals surface area (Å²) >= 11 is 3.28. The summed E-state index contributed by atoms with van der Waals surface area (Å²) in [5, 5.41) is 11.6. The van der Waals surface area contributed by atoms with Gasteiger partial charge in [-0.2, -0.15) is 0 Å². The zero-order chi connectivity index (χ0) is 13.0. The van der Waals surface area contributed by atoms with Gasteiger partial charge >= 0.3 is 5.69 Å². The van der Waals surface area contributed by atoms with Gasteiger partial charge in [-0.1, -0.05) is 22.0 Å². The zero-order valence-electron chi connectivity index (χ0n) is 9.80. The van der Waals surface area contributed by atoms with Gasteiger partial charge in [0.05, 0.1) is 11.5 Å². The number of rotatable bonds is 4. The Morgan fingerprint density at radius 2 is 2.39 bits per heavy atom. The number of nitro groups is 1. The monoisotopic (exact) mass is 315 g/mol. The van der Waals surface area contributed by atoms with Gasteiger partial charge in [0.25, 0.3) is 0 Å². The van der Waals surface area contributed by atoms with E-state index in [9.17, 15) is 10.1 Å². The first-order chi connectivity index (χ1) is 8.70. The molecule has 18 heavy (non-hydrogen) atoms. The molecule has 0 radical (unpaired) electrons. The van der Waals surface area contributed by atoms with Gasteiger partial charge in [0.2, 0.25) is 0 Å². The number of alkyl halides is 1. The molecule has 1 heterocycles. The third-order valence-electron chi connectivity index (χ3n) is 2.79. The van der Waals surface area contributed by atoms with E-state index in [1.54, 1.807) is 6.07 Å². The number of nitrogens with zero attached hydrogens (tertiary/aromatic N) is 1. The van der Waals surface area contributed by atoms with Crippen molar-refractivity contribution in [2.24, 2.45) is 0 Å². The molecule has 1 saturated heterocycles. The smallest absolute Gasteiger partial charge is 0.311 e. The highest BCUT2D eigenvalue weighted by Gasteiger charge is 2.21. The summed E-state index contributed by atoms with van der Waals surface area (Å²) in [6, 6.07) is 5.01. The van der Waals surface area contributed by atoms with Crippen LogP contribution < -0.4 is 4.74 Å². The van der Waals surface area contributed by atoms with Gasteiger partial charge in [-0.15, -0.1) is 0 Å². The Hall–Kier alpha value is -1.14. The van der Waals surface area contributed by atoms with Crippen molar-refractivity contribution in [3.05, 3.63) is 33.9 Å². The quantitative estimate of drug-likeness (QED) is 0.486. The van der Waals surface area contributed by atoms with Crippen molar-refractivity contribution >= 4 is 21.6 Å². The average Bonchev–Trinajstić information content (AvgIpc) is 2.40. The number of nitro benzene ring substituents is 1. The van der Waals surface area contributed by atoms with E-state index in [0.717, 1.165) is 25.0 Å². The van der Waals surface area contributed by atoms with E-state index in [1.165, 1.54) is 6.07 Å². The van der Waals surface area contributed by atoms with Gasteiger partial charge in [-0.25, -0.2) is 0 Å². The molecule has 0 aliphatic carbocycles. The van der Waals surface area contributed by atoms with Crippen molar-refractivity contribution in [3.63, 3.8) is 0 Å². The standard InChI is InChI=1S/C12H14BrNO4/c13-7-9-3-4-12(11(6-9)14(15)16)18-10-2-1-5-17-8-10/h3-4,6,10H,1-2,5,7-8H2. The van der Waals surface area contributed by atoms with Crippen molar-refractivity contribution in [1.29, 1.82) is 0 Å². The maximum absolute atomic E-state index is 11.0. The topological polar surface area (TPSA) is 61.6 Å². The molecule has 1 atom stereocenters. The maximum atomic E-state index is 11.0. The number of halogens is 1. The van der Waals surface area contributed by atoms with Crippen LogP contribution in [0, 0.1) is 10.1 Å². The van der Waals surface area contributed by atoms with Crippen LogP contribution in [0.25, 0.3) is 0 Å². The molecule has 1 aliphatic rings. The van der Waals surface area contributed by atoms with Gasteiger partial charge in [-0.05, 0) is 24.5 Å². The molecule has 6 heteroatoms. The highest BCUT2D eigenvalue weighted by Crippen LogP contribution is 2.30. The predicted molar refractivity (Wildman–Crippen MR) is 70.2 cm³/mol. The zero-order valence-corrected chi connectivity index (χ0v) is 11.4. The number of hydrogen-bond acceptors (Lipinski definition) is 4. The first kappa shape index (κ1) is 13.3. The van der Waals surface area contributed by atoms with Crippen LogP contribution in [0.3, 0.4) is 0 Å². The molecule has 1 aromatic carbocycles. The molecule has 98 valence electrons. The Morgan fingerprint density at radius 1 is 1.56 bits per heavy atom. The highest BCUT2D eigenvalue weighted by atomic mass is 79.9. The number of benzene rings is 1. The number of ether oxygens (including phenoxy) is 2. The first-order valence-electron chi connectivity index (χ1n) is 5.78. The molecule has 0 spiro atoms. The molecule has 5 nitrogen and oxygen atoms in total. The van der Waals surface area contributed by atoms with Gasteiger partial charge < -0.3 is 9.47 Å². The van der Waals surface area contributed by atoms with E-state index in [4.69, 9.17) is 9.47 Å². The van der Waals surface area contributed by atoms with Gasteiger partial charge in [0, 0.05) is 18.0 Å². The Balaban J connectivity index is 2.17. The summed E-state index contributed by atoms with van der Waals surface area (Å²) in [5.74, 6) is 0.320. The van der Waals surface area contributed by atoms with Crippen molar-refractivity contribution in [2.75, 3.05) is 13.2 Å². The summed E-state index contributed by atoms with van der Waals surface area (Å²) < 4.78 is 11.0. The molecule has 2 rings (SSSR count). The van der Waals surface area contributed by atoms with Gasteiger partial charge in [0.15, 0.2) is 5.75 Å². The van der Waals surface area contributed by atoms with Crippen molar-refractivity contribution in [1.82, 2.24) is 0 Å². The molecule has 0 amide bonds. The molecule has 1 unspecified atom stereocenters. The molecule has 0 N–H and O–H groups in total. The second-order valence-electron chi connectivity index (χ2n) is 4.15. The largest absolute Gasteiger partial charge is 0.481 e. The van der Waals surface area contributed by atoms with Crippen LogP contribution in [-0.2, 0) is 10.1 Å². The molecule has 0 bridgehead atoms. The van der Waals surface area contributed by atoms with Crippen molar-refractivity contribution in [2.45, 2.75) is 24.3 Å². The lowest BCUT2D eigenvalue weighted by atomic mass is 10.1. The van der Waals surface area contributed by atoms with E-state index in [-0.39, 0.29) is 11.8 Å². The molecular weight excluding hydrogens is 302 g/mol. The predicted octanol–water partition coefficient (Wildman–Crippen LogP) is 3.05. The van der Waals surface area contributed by atoms with E-state index in [1.807, 2.05) is 6.07 Å². The fourth-order valence-corrected chi connectivity index (χ4v) is 2.22. The minimum atomic E-state index is -0.412. The molecule has 1 fully saturated rings. The fraction of sp³-hybridized carbons (Fsp3) is 0.500. The molecule has 1 aliphatic heterocycles. The van der Waals surface area contributed by atoms with E-state index < -0.39 is 4.92 Å². The van der Waals surface area contributed by atoms with Crippen LogP contribution in [0.5, 0.6) is 5.75 Å². The summed E-state index contributed by atoms with van der Waals surface area (Å²) in [5.41, 5.74) is 0.867. The minimum absolute atomic E-state index is 0.0116. The lowest BCUT2D eigenvalue weighted by Crippen LogP contribution is -2.28.